The summed E-state index contributed by atoms with van der Waals surface area (Å²) in [4.78, 5) is 14.5. The van der Waals surface area contributed by atoms with Gasteiger partial charge in [0.05, 0.1) is 6.04 Å². The van der Waals surface area contributed by atoms with Crippen molar-refractivity contribution < 1.29 is 9.18 Å². The summed E-state index contributed by atoms with van der Waals surface area (Å²) < 4.78 is 15.7. The molecule has 0 bridgehead atoms. The van der Waals surface area contributed by atoms with E-state index < -0.39 is 0 Å². The number of aryl methyl sites for hydroxylation is 1. The largest absolute Gasteiger partial charge is 0.322 e. The number of likely N-dealkylation sites (tertiary alicyclic amines) is 1. The molecule has 1 saturated heterocycles. The Morgan fingerprint density at radius 1 is 1.33 bits per heavy atom. The summed E-state index contributed by atoms with van der Waals surface area (Å²) >= 11 is 0. The van der Waals surface area contributed by atoms with Crippen LogP contribution in [0.1, 0.15) is 49.0 Å². The van der Waals surface area contributed by atoms with Gasteiger partial charge in [-0.15, -0.1) is 10.2 Å². The maximum Gasteiger partial charge on any atom is 0.322 e. The zero-order chi connectivity index (χ0) is 16.7. The average molecular weight is 329 g/mol. The lowest BCUT2D eigenvalue weighted by atomic mass is 10.1. The van der Waals surface area contributed by atoms with Crippen molar-refractivity contribution in [3.05, 3.63) is 41.7 Å². The van der Waals surface area contributed by atoms with Crippen molar-refractivity contribution in [1.82, 2.24) is 19.7 Å². The lowest BCUT2D eigenvalue weighted by molar-refractivity contribution is 0.204. The summed E-state index contributed by atoms with van der Waals surface area (Å²) in [6.45, 7) is 0.681. The number of rotatable bonds is 3. The summed E-state index contributed by atoms with van der Waals surface area (Å²) in [6, 6.07) is 4.58. The highest BCUT2D eigenvalue weighted by Gasteiger charge is 2.33. The number of carbonyl (C=O) groups is 1. The van der Waals surface area contributed by atoms with Crippen LogP contribution in [0.3, 0.4) is 0 Å². The summed E-state index contributed by atoms with van der Waals surface area (Å²) in [5.41, 5.74) is 1.35. The van der Waals surface area contributed by atoms with Gasteiger partial charge in [-0.05, 0) is 55.4 Å². The second kappa shape index (κ2) is 5.89. The predicted octanol–water partition coefficient (Wildman–Crippen LogP) is 3.20. The number of anilines is 1. The third-order valence-electron chi connectivity index (χ3n) is 4.82. The number of amides is 2. The van der Waals surface area contributed by atoms with Crippen molar-refractivity contribution >= 4 is 11.7 Å². The number of nitrogens with zero attached hydrogens (tertiary/aromatic N) is 4. The molecule has 2 aliphatic rings. The van der Waals surface area contributed by atoms with E-state index in [4.69, 9.17) is 0 Å². The van der Waals surface area contributed by atoms with Crippen LogP contribution in [-0.4, -0.2) is 32.2 Å². The fraction of sp³-hybridized carbons (Fsp3) is 0.471. The van der Waals surface area contributed by atoms with Crippen LogP contribution >= 0.6 is 0 Å². The Kier molecular flexibility index (Phi) is 3.70. The van der Waals surface area contributed by atoms with Crippen molar-refractivity contribution in [2.75, 3.05) is 11.9 Å². The quantitative estimate of drug-likeness (QED) is 0.940. The first-order valence-electron chi connectivity index (χ1n) is 8.34. The Hall–Kier alpha value is -2.44. The van der Waals surface area contributed by atoms with Gasteiger partial charge in [0.1, 0.15) is 12.1 Å². The summed E-state index contributed by atoms with van der Waals surface area (Å²) in [7, 11) is 1.88. The maximum absolute atomic E-state index is 13.8. The maximum atomic E-state index is 13.8. The molecule has 0 unspecified atom stereocenters. The average Bonchev–Trinajstić information content (AvgIpc) is 3.13. The highest BCUT2D eigenvalue weighted by molar-refractivity contribution is 5.89. The summed E-state index contributed by atoms with van der Waals surface area (Å²) in [5.74, 6) is 0.911. The van der Waals surface area contributed by atoms with Crippen LogP contribution in [0.4, 0.5) is 14.9 Å². The Labute approximate surface area is 139 Å². The fourth-order valence-electron chi connectivity index (χ4n) is 3.40. The van der Waals surface area contributed by atoms with E-state index in [1.54, 1.807) is 23.4 Å². The number of urea groups is 1. The Balaban J connectivity index is 1.51. The molecule has 1 aliphatic carbocycles. The number of aromatic nitrogens is 3. The Morgan fingerprint density at radius 2 is 2.17 bits per heavy atom. The molecule has 126 valence electrons. The molecule has 1 aromatic heterocycles. The van der Waals surface area contributed by atoms with Crippen LogP contribution in [-0.2, 0) is 7.05 Å². The van der Waals surface area contributed by atoms with Gasteiger partial charge in [-0.2, -0.15) is 0 Å². The molecule has 1 aromatic carbocycles. The van der Waals surface area contributed by atoms with E-state index in [0.29, 0.717) is 23.7 Å². The van der Waals surface area contributed by atoms with E-state index in [2.05, 4.69) is 15.5 Å². The monoisotopic (exact) mass is 329 g/mol. The van der Waals surface area contributed by atoms with Gasteiger partial charge in [0, 0.05) is 19.3 Å². The highest BCUT2D eigenvalue weighted by atomic mass is 19.1. The molecular formula is C17H20FN5O. The van der Waals surface area contributed by atoms with E-state index >= 15 is 0 Å². The Morgan fingerprint density at radius 3 is 2.88 bits per heavy atom. The number of nitrogens with one attached hydrogen (secondary N) is 1. The molecule has 2 fully saturated rings. The van der Waals surface area contributed by atoms with Gasteiger partial charge in [0.15, 0.2) is 5.82 Å². The molecule has 1 saturated carbocycles. The third-order valence-corrected chi connectivity index (χ3v) is 4.82. The second-order valence-electron chi connectivity index (χ2n) is 6.59. The molecule has 1 N–H and O–H groups in total. The van der Waals surface area contributed by atoms with Gasteiger partial charge in [0.2, 0.25) is 0 Å². The number of carbonyl (C=O) groups excluding carboxylic acids is 1. The fourth-order valence-corrected chi connectivity index (χ4v) is 3.40. The zero-order valence-electron chi connectivity index (χ0n) is 13.6. The first-order valence-corrected chi connectivity index (χ1v) is 8.34. The molecule has 2 heterocycles. The number of halogens is 1. The molecule has 2 aromatic rings. The molecule has 1 aliphatic heterocycles. The topological polar surface area (TPSA) is 63.1 Å². The van der Waals surface area contributed by atoms with Gasteiger partial charge in [0.25, 0.3) is 0 Å². The van der Waals surface area contributed by atoms with Crippen LogP contribution in [0.5, 0.6) is 0 Å². The summed E-state index contributed by atoms with van der Waals surface area (Å²) in [5, 5.41) is 10.9. The number of hydrogen-bond acceptors (Lipinski definition) is 3. The Bertz CT molecular complexity index is 770. The number of hydrogen-bond donors (Lipinski definition) is 1. The lowest BCUT2D eigenvalue weighted by Gasteiger charge is -2.24. The van der Waals surface area contributed by atoms with E-state index in [1.165, 1.54) is 6.07 Å². The molecular weight excluding hydrogens is 309 g/mol. The number of benzene rings is 1. The lowest BCUT2D eigenvalue weighted by Crippen LogP contribution is -2.35. The standard InChI is InChI=1S/C17H20FN5O/c1-22-10-19-21-16(22)15-3-2-8-23(15)17(24)20-12-6-7-14(18)13(9-12)11-4-5-11/h6-7,9-11,15H,2-5,8H2,1H3,(H,20,24)/t15-/m1/s1. The third kappa shape index (κ3) is 2.74. The minimum Gasteiger partial charge on any atom is -0.319 e. The second-order valence-corrected chi connectivity index (χ2v) is 6.59. The van der Waals surface area contributed by atoms with Gasteiger partial charge >= 0.3 is 6.03 Å². The molecule has 1 atom stereocenters. The van der Waals surface area contributed by atoms with Crippen molar-refractivity contribution in [2.45, 2.75) is 37.6 Å². The van der Waals surface area contributed by atoms with Crippen molar-refractivity contribution in [1.29, 1.82) is 0 Å². The van der Waals surface area contributed by atoms with Crippen molar-refractivity contribution in [3.8, 4) is 0 Å². The summed E-state index contributed by atoms with van der Waals surface area (Å²) in [6.07, 6.45) is 5.49. The minimum absolute atomic E-state index is 0.0687. The van der Waals surface area contributed by atoms with E-state index in [1.807, 2.05) is 11.6 Å². The minimum atomic E-state index is -0.186. The SMILES string of the molecule is Cn1cnnc1[C@H]1CCCN1C(=O)Nc1ccc(F)c(C2CC2)c1. The van der Waals surface area contributed by atoms with Crippen molar-refractivity contribution in [2.24, 2.45) is 7.05 Å². The van der Waals surface area contributed by atoms with E-state index in [9.17, 15) is 9.18 Å². The smallest absolute Gasteiger partial charge is 0.319 e. The van der Waals surface area contributed by atoms with Crippen LogP contribution in [0.2, 0.25) is 0 Å². The molecule has 4 rings (SSSR count). The molecule has 6 nitrogen and oxygen atoms in total. The van der Waals surface area contributed by atoms with Crippen LogP contribution in [0.15, 0.2) is 24.5 Å². The van der Waals surface area contributed by atoms with E-state index in [-0.39, 0.29) is 17.9 Å². The first kappa shape index (κ1) is 15.1. The first-order chi connectivity index (χ1) is 11.6. The van der Waals surface area contributed by atoms with Crippen LogP contribution in [0.25, 0.3) is 0 Å². The zero-order valence-corrected chi connectivity index (χ0v) is 13.6. The molecule has 2 amide bonds. The van der Waals surface area contributed by atoms with Crippen LogP contribution in [0, 0.1) is 5.82 Å². The predicted molar refractivity (Wildman–Crippen MR) is 87.1 cm³/mol. The van der Waals surface area contributed by atoms with Crippen molar-refractivity contribution in [3.63, 3.8) is 0 Å². The van der Waals surface area contributed by atoms with Gasteiger partial charge in [-0.3, -0.25) is 0 Å². The molecule has 0 spiro atoms. The van der Waals surface area contributed by atoms with Gasteiger partial charge in [-0.1, -0.05) is 0 Å². The van der Waals surface area contributed by atoms with Gasteiger partial charge in [-0.25, -0.2) is 9.18 Å². The van der Waals surface area contributed by atoms with E-state index in [0.717, 1.165) is 31.5 Å². The normalized spacial score (nSPS) is 20.4. The van der Waals surface area contributed by atoms with Crippen LogP contribution < -0.4 is 5.32 Å². The molecule has 7 heteroatoms. The highest BCUT2D eigenvalue weighted by Crippen LogP contribution is 2.42. The van der Waals surface area contributed by atoms with Gasteiger partial charge < -0.3 is 14.8 Å². The molecule has 24 heavy (non-hydrogen) atoms. The molecule has 0 radical (unpaired) electrons.